The molecule has 1 N–H and O–H groups in total. The van der Waals surface area contributed by atoms with Gasteiger partial charge in [0.25, 0.3) is 0 Å². The molecule has 1 heterocycles. The maximum atomic E-state index is 13.0. The molecule has 4 heteroatoms. The second kappa shape index (κ2) is 3.53. The predicted molar refractivity (Wildman–Crippen MR) is 57.5 cm³/mol. The minimum absolute atomic E-state index is 0.0180. The Hall–Kier alpha value is -1.58. The fourth-order valence-electron chi connectivity index (χ4n) is 1.78. The van der Waals surface area contributed by atoms with Crippen LogP contribution in [-0.2, 0) is 4.79 Å². The van der Waals surface area contributed by atoms with Crippen molar-refractivity contribution in [2.75, 3.05) is 17.3 Å². The molecule has 1 atom stereocenters. The van der Waals surface area contributed by atoms with Crippen molar-refractivity contribution in [1.82, 2.24) is 0 Å². The third-order valence-corrected chi connectivity index (χ3v) is 2.69. The van der Waals surface area contributed by atoms with Gasteiger partial charge in [0.1, 0.15) is 11.9 Å². The van der Waals surface area contributed by atoms with E-state index in [-0.39, 0.29) is 17.8 Å². The first-order valence-electron chi connectivity index (χ1n) is 4.97. The Bertz CT molecular complexity index is 406. The Morgan fingerprint density at radius 1 is 1.53 bits per heavy atom. The Labute approximate surface area is 87.9 Å². The standard InChI is InChI=1S/C11H13FN2O/c1-3-8-11(15)14(2)10-6-7(12)4-5-9(10)13-8/h4-6,8,13H,3H2,1-2H3. The summed E-state index contributed by atoms with van der Waals surface area (Å²) >= 11 is 0. The molecule has 0 fully saturated rings. The lowest BCUT2D eigenvalue weighted by Crippen LogP contribution is -2.44. The van der Waals surface area contributed by atoms with E-state index in [1.165, 1.54) is 17.0 Å². The van der Waals surface area contributed by atoms with Crippen LogP contribution < -0.4 is 10.2 Å². The van der Waals surface area contributed by atoms with Gasteiger partial charge in [0.15, 0.2) is 0 Å². The number of nitrogens with one attached hydrogen (secondary N) is 1. The molecule has 0 saturated heterocycles. The molecule has 80 valence electrons. The summed E-state index contributed by atoms with van der Waals surface area (Å²) in [7, 11) is 1.67. The molecule has 1 aliphatic heterocycles. The van der Waals surface area contributed by atoms with E-state index in [0.29, 0.717) is 5.69 Å². The van der Waals surface area contributed by atoms with Crippen molar-refractivity contribution in [2.45, 2.75) is 19.4 Å². The van der Waals surface area contributed by atoms with Gasteiger partial charge in [-0.3, -0.25) is 4.79 Å². The van der Waals surface area contributed by atoms with Gasteiger partial charge in [0, 0.05) is 7.05 Å². The molecule has 0 saturated carbocycles. The molecule has 0 bridgehead atoms. The van der Waals surface area contributed by atoms with Crippen molar-refractivity contribution < 1.29 is 9.18 Å². The first-order chi connectivity index (χ1) is 7.13. The number of rotatable bonds is 1. The molecule has 2 rings (SSSR count). The highest BCUT2D eigenvalue weighted by Gasteiger charge is 2.28. The Balaban J connectivity index is 2.45. The molecule has 1 unspecified atom stereocenters. The van der Waals surface area contributed by atoms with Crippen molar-refractivity contribution >= 4 is 17.3 Å². The zero-order valence-corrected chi connectivity index (χ0v) is 8.75. The van der Waals surface area contributed by atoms with Gasteiger partial charge in [0.05, 0.1) is 11.4 Å². The fraction of sp³-hybridized carbons (Fsp3) is 0.364. The Morgan fingerprint density at radius 2 is 2.27 bits per heavy atom. The highest BCUT2D eigenvalue weighted by Crippen LogP contribution is 2.31. The lowest BCUT2D eigenvalue weighted by atomic mass is 10.1. The maximum absolute atomic E-state index is 13.0. The lowest BCUT2D eigenvalue weighted by Gasteiger charge is -2.32. The number of fused-ring (bicyclic) bond motifs is 1. The van der Waals surface area contributed by atoms with Crippen LogP contribution in [0, 0.1) is 5.82 Å². The highest BCUT2D eigenvalue weighted by molar-refractivity contribution is 6.04. The molecule has 0 radical (unpaired) electrons. The van der Waals surface area contributed by atoms with Crippen LogP contribution in [0.3, 0.4) is 0 Å². The molecule has 1 amide bonds. The van der Waals surface area contributed by atoms with Crippen molar-refractivity contribution in [3.8, 4) is 0 Å². The topological polar surface area (TPSA) is 32.3 Å². The van der Waals surface area contributed by atoms with Crippen molar-refractivity contribution in [1.29, 1.82) is 0 Å². The van der Waals surface area contributed by atoms with Crippen LogP contribution in [-0.4, -0.2) is 19.0 Å². The molecule has 0 aromatic heterocycles. The quantitative estimate of drug-likeness (QED) is 0.765. The highest BCUT2D eigenvalue weighted by atomic mass is 19.1. The monoisotopic (exact) mass is 208 g/mol. The van der Waals surface area contributed by atoms with Crippen LogP contribution in [0.5, 0.6) is 0 Å². The van der Waals surface area contributed by atoms with Gasteiger partial charge in [-0.1, -0.05) is 6.92 Å². The third kappa shape index (κ3) is 1.56. The van der Waals surface area contributed by atoms with Crippen LogP contribution in [0.2, 0.25) is 0 Å². The number of nitrogens with zero attached hydrogens (tertiary/aromatic N) is 1. The molecule has 0 aliphatic carbocycles. The van der Waals surface area contributed by atoms with Crippen molar-refractivity contribution in [3.63, 3.8) is 0 Å². The summed E-state index contributed by atoms with van der Waals surface area (Å²) in [6.07, 6.45) is 0.722. The van der Waals surface area contributed by atoms with Crippen LogP contribution in [0.25, 0.3) is 0 Å². The number of hydrogen-bond acceptors (Lipinski definition) is 2. The van der Waals surface area contributed by atoms with E-state index in [2.05, 4.69) is 5.32 Å². The summed E-state index contributed by atoms with van der Waals surface area (Å²) in [6, 6.07) is 4.22. The van der Waals surface area contributed by atoms with Crippen molar-refractivity contribution in [3.05, 3.63) is 24.0 Å². The number of carbonyl (C=O) groups excluding carboxylic acids is 1. The minimum Gasteiger partial charge on any atom is -0.372 e. The summed E-state index contributed by atoms with van der Waals surface area (Å²) < 4.78 is 13.0. The number of carbonyl (C=O) groups is 1. The summed E-state index contributed by atoms with van der Waals surface area (Å²) in [5.74, 6) is -0.347. The second-order valence-electron chi connectivity index (χ2n) is 3.66. The number of benzene rings is 1. The van der Waals surface area contributed by atoms with Crippen LogP contribution in [0.1, 0.15) is 13.3 Å². The molecule has 1 aromatic carbocycles. The van der Waals surface area contributed by atoms with Gasteiger partial charge >= 0.3 is 0 Å². The maximum Gasteiger partial charge on any atom is 0.249 e. The smallest absolute Gasteiger partial charge is 0.249 e. The van der Waals surface area contributed by atoms with Gasteiger partial charge in [-0.15, -0.1) is 0 Å². The van der Waals surface area contributed by atoms with Gasteiger partial charge in [-0.05, 0) is 24.6 Å². The Kier molecular flexibility index (Phi) is 2.34. The van der Waals surface area contributed by atoms with E-state index in [1.54, 1.807) is 13.1 Å². The summed E-state index contributed by atoms with van der Waals surface area (Å²) in [5.41, 5.74) is 1.41. The fourth-order valence-corrected chi connectivity index (χ4v) is 1.78. The number of likely N-dealkylation sites (N-methyl/N-ethyl adjacent to an activating group) is 1. The van der Waals surface area contributed by atoms with Crippen LogP contribution >= 0.6 is 0 Å². The molecule has 15 heavy (non-hydrogen) atoms. The molecular formula is C11H13FN2O. The van der Waals surface area contributed by atoms with Crippen LogP contribution in [0.4, 0.5) is 15.8 Å². The zero-order chi connectivity index (χ0) is 11.0. The van der Waals surface area contributed by atoms with Gasteiger partial charge in [0.2, 0.25) is 5.91 Å². The third-order valence-electron chi connectivity index (χ3n) is 2.69. The number of hydrogen-bond donors (Lipinski definition) is 1. The number of anilines is 2. The van der Waals surface area contributed by atoms with E-state index in [4.69, 9.17) is 0 Å². The number of halogens is 1. The van der Waals surface area contributed by atoms with Gasteiger partial charge in [-0.2, -0.15) is 0 Å². The first kappa shape index (κ1) is 9.96. The molecule has 3 nitrogen and oxygen atoms in total. The summed E-state index contributed by atoms with van der Waals surface area (Å²) in [4.78, 5) is 13.3. The first-order valence-corrected chi connectivity index (χ1v) is 4.97. The molecule has 1 aliphatic rings. The molecule has 1 aromatic rings. The average molecular weight is 208 g/mol. The van der Waals surface area contributed by atoms with Crippen LogP contribution in [0.15, 0.2) is 18.2 Å². The summed E-state index contributed by atoms with van der Waals surface area (Å²) in [6.45, 7) is 1.94. The van der Waals surface area contributed by atoms with E-state index in [1.807, 2.05) is 6.92 Å². The lowest BCUT2D eigenvalue weighted by molar-refractivity contribution is -0.119. The SMILES string of the molecule is CCC1Nc2ccc(F)cc2N(C)C1=O. The largest absolute Gasteiger partial charge is 0.372 e. The second-order valence-corrected chi connectivity index (χ2v) is 3.66. The summed E-state index contributed by atoms with van der Waals surface area (Å²) in [5, 5.41) is 3.10. The minimum atomic E-state index is -0.329. The van der Waals surface area contributed by atoms with Gasteiger partial charge < -0.3 is 10.2 Å². The van der Waals surface area contributed by atoms with E-state index >= 15 is 0 Å². The Morgan fingerprint density at radius 3 is 2.93 bits per heavy atom. The van der Waals surface area contributed by atoms with E-state index in [0.717, 1.165) is 12.1 Å². The van der Waals surface area contributed by atoms with Gasteiger partial charge in [-0.25, -0.2) is 4.39 Å². The van der Waals surface area contributed by atoms with E-state index in [9.17, 15) is 9.18 Å². The molecular weight excluding hydrogens is 195 g/mol. The van der Waals surface area contributed by atoms with Crippen molar-refractivity contribution in [2.24, 2.45) is 0 Å². The van der Waals surface area contributed by atoms with E-state index < -0.39 is 0 Å². The average Bonchev–Trinajstić information content (AvgIpc) is 2.24. The predicted octanol–water partition coefficient (Wildman–Crippen LogP) is 1.99. The normalized spacial score (nSPS) is 19.8. The number of amides is 1. The zero-order valence-electron chi connectivity index (χ0n) is 8.75. The molecule has 0 spiro atoms.